The number of allylic oxidation sites excluding steroid dienone is 2. The summed E-state index contributed by atoms with van der Waals surface area (Å²) >= 11 is 5.61. The van der Waals surface area contributed by atoms with Crippen molar-refractivity contribution >= 4 is 22.6 Å². The molecule has 84 valence electrons. The second-order valence-electron chi connectivity index (χ2n) is 3.73. The van der Waals surface area contributed by atoms with Gasteiger partial charge in [-0.1, -0.05) is 24.3 Å². The van der Waals surface area contributed by atoms with Crippen LogP contribution in [0.3, 0.4) is 0 Å². The second-order valence-corrected chi connectivity index (χ2v) is 4.11. The first-order chi connectivity index (χ1) is 7.83. The van der Waals surface area contributed by atoms with Gasteiger partial charge in [0.25, 0.3) is 0 Å². The number of hydrogen-bond donors (Lipinski definition) is 0. The van der Waals surface area contributed by atoms with Crippen molar-refractivity contribution in [1.29, 1.82) is 0 Å². The van der Waals surface area contributed by atoms with E-state index in [0.717, 1.165) is 24.2 Å². The second kappa shape index (κ2) is 5.17. The highest BCUT2D eigenvalue weighted by atomic mass is 35.5. The largest absolute Gasteiger partial charge is 0.331 e. The Kier molecular flexibility index (Phi) is 3.62. The van der Waals surface area contributed by atoms with Crippen LogP contribution in [0.2, 0.25) is 0 Å². The molecule has 0 aliphatic carbocycles. The number of hydrogen-bond acceptors (Lipinski definition) is 1. The number of benzene rings is 1. The minimum absolute atomic E-state index is 0.680. The summed E-state index contributed by atoms with van der Waals surface area (Å²) in [5.41, 5.74) is 2.24. The van der Waals surface area contributed by atoms with E-state index in [2.05, 4.69) is 34.8 Å². The van der Waals surface area contributed by atoms with Crippen molar-refractivity contribution in [1.82, 2.24) is 9.55 Å². The molecule has 1 heterocycles. The average molecular weight is 235 g/mol. The van der Waals surface area contributed by atoms with Gasteiger partial charge < -0.3 is 4.57 Å². The molecule has 0 amide bonds. The molecule has 0 N–H and O–H groups in total. The Hall–Kier alpha value is -1.28. The molecular formula is C13H15ClN2. The van der Waals surface area contributed by atoms with Gasteiger partial charge in [0, 0.05) is 19.3 Å². The van der Waals surface area contributed by atoms with Gasteiger partial charge in [0.05, 0.1) is 11.0 Å². The molecule has 0 fully saturated rings. The highest BCUT2D eigenvalue weighted by Crippen LogP contribution is 2.14. The molecule has 0 radical (unpaired) electrons. The molecule has 0 saturated heterocycles. The van der Waals surface area contributed by atoms with E-state index in [1.54, 1.807) is 0 Å². The summed E-state index contributed by atoms with van der Waals surface area (Å²) in [6.07, 6.45) is 6.02. The van der Waals surface area contributed by atoms with E-state index in [-0.39, 0.29) is 0 Å². The fraction of sp³-hybridized carbons (Fsp3) is 0.308. The number of aromatic nitrogens is 2. The van der Waals surface area contributed by atoms with Crippen LogP contribution in [0.15, 0.2) is 36.4 Å². The smallest absolute Gasteiger partial charge is 0.113 e. The number of para-hydroxylation sites is 2. The lowest BCUT2D eigenvalue weighted by atomic mass is 10.3. The van der Waals surface area contributed by atoms with Crippen molar-refractivity contribution in [3.05, 3.63) is 42.2 Å². The van der Waals surface area contributed by atoms with Crippen molar-refractivity contribution in [2.24, 2.45) is 7.05 Å². The van der Waals surface area contributed by atoms with Crippen LogP contribution in [-0.2, 0) is 13.5 Å². The van der Waals surface area contributed by atoms with Crippen LogP contribution in [0, 0.1) is 0 Å². The van der Waals surface area contributed by atoms with Crippen molar-refractivity contribution in [2.75, 3.05) is 5.88 Å². The molecule has 0 aliphatic rings. The Bertz CT molecular complexity index is 500. The third kappa shape index (κ3) is 2.27. The van der Waals surface area contributed by atoms with Gasteiger partial charge >= 0.3 is 0 Å². The minimum Gasteiger partial charge on any atom is -0.331 e. The SMILES string of the molecule is Cn1c(CC=CCCCl)nc2ccccc21. The first kappa shape index (κ1) is 11.2. The molecule has 1 aromatic heterocycles. The topological polar surface area (TPSA) is 17.8 Å². The molecule has 0 aliphatic heterocycles. The summed E-state index contributed by atoms with van der Waals surface area (Å²) < 4.78 is 2.14. The zero-order chi connectivity index (χ0) is 11.4. The van der Waals surface area contributed by atoms with Gasteiger partial charge in [0.15, 0.2) is 0 Å². The molecule has 16 heavy (non-hydrogen) atoms. The van der Waals surface area contributed by atoms with Crippen LogP contribution < -0.4 is 0 Å². The van der Waals surface area contributed by atoms with Gasteiger partial charge in [-0.15, -0.1) is 11.6 Å². The summed E-state index contributed by atoms with van der Waals surface area (Å²) in [6.45, 7) is 0. The molecule has 3 heteroatoms. The van der Waals surface area contributed by atoms with Crippen molar-refractivity contribution < 1.29 is 0 Å². The Labute approximate surface area is 101 Å². The predicted octanol–water partition coefficient (Wildman–Crippen LogP) is 3.30. The maximum atomic E-state index is 5.61. The quantitative estimate of drug-likeness (QED) is 0.586. The third-order valence-electron chi connectivity index (χ3n) is 2.62. The monoisotopic (exact) mass is 234 g/mol. The average Bonchev–Trinajstić information content (AvgIpc) is 2.63. The lowest BCUT2D eigenvalue weighted by Gasteiger charge is -1.98. The maximum Gasteiger partial charge on any atom is 0.113 e. The standard InChI is InChI=1S/C13H15ClN2/c1-16-12-8-5-4-7-11(12)15-13(16)9-3-2-6-10-14/h2-5,7-8H,6,9-10H2,1H3. The van der Waals surface area contributed by atoms with E-state index in [4.69, 9.17) is 11.6 Å². The van der Waals surface area contributed by atoms with E-state index in [1.807, 2.05) is 18.2 Å². The highest BCUT2D eigenvalue weighted by molar-refractivity contribution is 6.17. The number of fused-ring (bicyclic) bond motifs is 1. The van der Waals surface area contributed by atoms with Crippen LogP contribution in [-0.4, -0.2) is 15.4 Å². The van der Waals surface area contributed by atoms with Crippen LogP contribution in [0.25, 0.3) is 11.0 Å². The van der Waals surface area contributed by atoms with Gasteiger partial charge in [0.2, 0.25) is 0 Å². The lowest BCUT2D eigenvalue weighted by molar-refractivity contribution is 0.852. The summed E-state index contributed by atoms with van der Waals surface area (Å²) in [5, 5.41) is 0. The summed E-state index contributed by atoms with van der Waals surface area (Å²) in [7, 11) is 2.06. The fourth-order valence-corrected chi connectivity index (χ4v) is 1.87. The number of halogens is 1. The van der Waals surface area contributed by atoms with E-state index in [0.29, 0.717) is 5.88 Å². The molecule has 0 spiro atoms. The number of nitrogens with zero attached hydrogens (tertiary/aromatic N) is 2. The number of aryl methyl sites for hydroxylation is 1. The molecular weight excluding hydrogens is 220 g/mol. The van der Waals surface area contributed by atoms with E-state index in [1.165, 1.54) is 5.52 Å². The van der Waals surface area contributed by atoms with Crippen molar-refractivity contribution in [3.63, 3.8) is 0 Å². The Morgan fingerprint density at radius 2 is 2.12 bits per heavy atom. The van der Waals surface area contributed by atoms with Gasteiger partial charge in [0.1, 0.15) is 5.82 Å². The fourth-order valence-electron chi connectivity index (χ4n) is 1.75. The molecule has 0 bridgehead atoms. The summed E-state index contributed by atoms with van der Waals surface area (Å²) in [5.74, 6) is 1.77. The molecule has 2 nitrogen and oxygen atoms in total. The Morgan fingerprint density at radius 1 is 1.31 bits per heavy atom. The lowest BCUT2D eigenvalue weighted by Crippen LogP contribution is -1.95. The number of imidazole rings is 1. The zero-order valence-electron chi connectivity index (χ0n) is 9.36. The van der Waals surface area contributed by atoms with Gasteiger partial charge in [-0.25, -0.2) is 4.98 Å². The molecule has 1 aromatic carbocycles. The maximum absolute atomic E-state index is 5.61. The van der Waals surface area contributed by atoms with Crippen molar-refractivity contribution in [2.45, 2.75) is 12.8 Å². The van der Waals surface area contributed by atoms with Gasteiger partial charge in [-0.05, 0) is 18.6 Å². The predicted molar refractivity (Wildman–Crippen MR) is 68.9 cm³/mol. The molecule has 0 unspecified atom stereocenters. The van der Waals surface area contributed by atoms with Crippen LogP contribution in [0.1, 0.15) is 12.2 Å². The van der Waals surface area contributed by atoms with E-state index in [9.17, 15) is 0 Å². The molecule has 0 atom stereocenters. The first-order valence-electron chi connectivity index (χ1n) is 5.44. The number of alkyl halides is 1. The van der Waals surface area contributed by atoms with Crippen LogP contribution >= 0.6 is 11.6 Å². The highest BCUT2D eigenvalue weighted by Gasteiger charge is 2.04. The molecule has 2 aromatic rings. The van der Waals surface area contributed by atoms with Crippen LogP contribution in [0.5, 0.6) is 0 Å². The minimum atomic E-state index is 0.680. The third-order valence-corrected chi connectivity index (χ3v) is 2.84. The normalized spacial score (nSPS) is 11.6. The van der Waals surface area contributed by atoms with Gasteiger partial charge in [-0.2, -0.15) is 0 Å². The van der Waals surface area contributed by atoms with E-state index < -0.39 is 0 Å². The number of rotatable bonds is 4. The zero-order valence-corrected chi connectivity index (χ0v) is 10.1. The Balaban J connectivity index is 2.21. The molecule has 2 rings (SSSR count). The Morgan fingerprint density at radius 3 is 2.88 bits per heavy atom. The van der Waals surface area contributed by atoms with Gasteiger partial charge in [-0.3, -0.25) is 0 Å². The van der Waals surface area contributed by atoms with Crippen LogP contribution in [0.4, 0.5) is 0 Å². The summed E-state index contributed by atoms with van der Waals surface area (Å²) in [6, 6.07) is 8.19. The molecule has 0 saturated carbocycles. The van der Waals surface area contributed by atoms with E-state index >= 15 is 0 Å². The first-order valence-corrected chi connectivity index (χ1v) is 5.97. The van der Waals surface area contributed by atoms with Crippen molar-refractivity contribution in [3.8, 4) is 0 Å². The summed E-state index contributed by atoms with van der Waals surface area (Å²) in [4.78, 5) is 4.59.